The Bertz CT molecular complexity index is 401. The van der Waals surface area contributed by atoms with E-state index in [9.17, 15) is 0 Å². The first-order valence-electron chi connectivity index (χ1n) is 4.11. The minimum atomic E-state index is 0.367. The Hall–Kier alpha value is -1.62. The fraction of sp³-hybridized carbons (Fsp3) is 0.111. The Morgan fingerprint density at radius 3 is 2.71 bits per heavy atom. The third-order valence-corrected chi connectivity index (χ3v) is 2.30. The molecule has 0 unspecified atom stereocenters. The van der Waals surface area contributed by atoms with Gasteiger partial charge in [0.1, 0.15) is 23.1 Å². The minimum absolute atomic E-state index is 0.367. The summed E-state index contributed by atoms with van der Waals surface area (Å²) in [5.74, 6) is 0.805. The van der Waals surface area contributed by atoms with Gasteiger partial charge in [-0.25, -0.2) is 0 Å². The molecule has 2 aromatic rings. The molecule has 2 rings (SSSR count). The van der Waals surface area contributed by atoms with Crippen LogP contribution < -0.4 is 10.5 Å². The van der Waals surface area contributed by atoms with E-state index in [4.69, 9.17) is 10.5 Å². The minimum Gasteiger partial charge on any atom is -0.487 e. The van der Waals surface area contributed by atoms with E-state index in [1.165, 1.54) is 11.5 Å². The predicted octanol–water partition coefficient (Wildman–Crippen LogP) is 1.70. The Kier molecular flexibility index (Phi) is 2.60. The van der Waals surface area contributed by atoms with Crippen LogP contribution in [-0.4, -0.2) is 9.59 Å². The molecule has 0 spiro atoms. The van der Waals surface area contributed by atoms with Crippen molar-refractivity contribution in [2.45, 2.75) is 6.61 Å². The number of nitrogens with zero attached hydrogens (tertiary/aromatic N) is 2. The van der Waals surface area contributed by atoms with E-state index in [-0.39, 0.29) is 0 Å². The van der Waals surface area contributed by atoms with Crippen LogP contribution in [0.2, 0.25) is 0 Å². The van der Waals surface area contributed by atoms with Gasteiger partial charge in [-0.05, 0) is 12.1 Å². The second-order valence-electron chi connectivity index (χ2n) is 2.69. The van der Waals surface area contributed by atoms with Crippen LogP contribution in [0.25, 0.3) is 0 Å². The van der Waals surface area contributed by atoms with Crippen LogP contribution in [0.3, 0.4) is 0 Å². The molecule has 1 aromatic heterocycles. The average Bonchev–Trinajstić information content (AvgIpc) is 2.63. The topological polar surface area (TPSA) is 61.0 Å². The molecule has 1 heterocycles. The lowest BCUT2D eigenvalue weighted by Gasteiger charge is -2.02. The van der Waals surface area contributed by atoms with Crippen LogP contribution in [0.1, 0.15) is 5.69 Å². The number of aromatic nitrogens is 2. The monoisotopic (exact) mass is 207 g/mol. The average molecular weight is 207 g/mol. The third-order valence-electron chi connectivity index (χ3n) is 1.70. The Morgan fingerprint density at radius 1 is 1.29 bits per heavy atom. The van der Waals surface area contributed by atoms with E-state index < -0.39 is 0 Å². The molecule has 72 valence electrons. The van der Waals surface area contributed by atoms with Gasteiger partial charge in [-0.2, -0.15) is 0 Å². The van der Waals surface area contributed by atoms with Gasteiger partial charge >= 0.3 is 0 Å². The maximum atomic E-state index is 5.62. The lowest BCUT2D eigenvalue weighted by Crippen LogP contribution is -1.98. The Balaban J connectivity index is 1.99. The van der Waals surface area contributed by atoms with Crippen molar-refractivity contribution in [2.75, 3.05) is 5.73 Å². The van der Waals surface area contributed by atoms with Crippen molar-refractivity contribution in [1.82, 2.24) is 9.59 Å². The lowest BCUT2D eigenvalue weighted by atomic mass is 10.3. The van der Waals surface area contributed by atoms with E-state index in [2.05, 4.69) is 9.59 Å². The molecule has 5 heteroatoms. The number of hydrogen-bond acceptors (Lipinski definition) is 5. The highest BCUT2D eigenvalue weighted by atomic mass is 32.1. The predicted molar refractivity (Wildman–Crippen MR) is 55.1 cm³/mol. The second kappa shape index (κ2) is 4.06. The van der Waals surface area contributed by atoms with Gasteiger partial charge in [-0.1, -0.05) is 22.7 Å². The normalized spacial score (nSPS) is 10.0. The van der Waals surface area contributed by atoms with E-state index in [1.54, 1.807) is 0 Å². The first kappa shape index (κ1) is 8.96. The maximum Gasteiger partial charge on any atom is 0.136 e. The van der Waals surface area contributed by atoms with Crippen LogP contribution >= 0.6 is 11.5 Å². The summed E-state index contributed by atoms with van der Waals surface area (Å²) in [4.78, 5) is 0. The quantitative estimate of drug-likeness (QED) is 0.832. The number of nitrogens with two attached hydrogens (primary N) is 1. The highest BCUT2D eigenvalue weighted by Crippen LogP contribution is 2.16. The fourth-order valence-corrected chi connectivity index (χ4v) is 1.42. The summed E-state index contributed by atoms with van der Waals surface area (Å²) in [6.45, 7) is 0.367. The SMILES string of the molecule is Nc1snnc1COc1ccccc1. The number of nitrogen functional groups attached to an aromatic ring is 1. The standard InChI is InChI=1S/C9H9N3OS/c10-9-8(11-12-14-9)6-13-7-4-2-1-3-5-7/h1-5H,6,10H2. The van der Waals surface area contributed by atoms with Crippen molar-refractivity contribution in [1.29, 1.82) is 0 Å². The molecule has 1 aromatic carbocycles. The first-order valence-corrected chi connectivity index (χ1v) is 4.88. The molecule has 4 nitrogen and oxygen atoms in total. The van der Waals surface area contributed by atoms with Crippen LogP contribution in [-0.2, 0) is 6.61 Å². The van der Waals surface area contributed by atoms with E-state index in [1.807, 2.05) is 30.3 Å². The van der Waals surface area contributed by atoms with Crippen molar-refractivity contribution in [3.8, 4) is 5.75 Å². The molecule has 0 saturated heterocycles. The summed E-state index contributed by atoms with van der Waals surface area (Å²) < 4.78 is 9.18. The van der Waals surface area contributed by atoms with Gasteiger partial charge < -0.3 is 10.5 Å². The molecule has 0 saturated carbocycles. The summed E-state index contributed by atoms with van der Waals surface area (Å²) in [6, 6.07) is 9.54. The summed E-state index contributed by atoms with van der Waals surface area (Å²) in [5.41, 5.74) is 6.31. The Morgan fingerprint density at radius 2 is 2.07 bits per heavy atom. The summed E-state index contributed by atoms with van der Waals surface area (Å²) in [6.07, 6.45) is 0. The second-order valence-corrected chi connectivity index (χ2v) is 3.47. The number of hydrogen-bond donors (Lipinski definition) is 1. The Labute approximate surface area is 85.5 Å². The first-order chi connectivity index (χ1) is 6.86. The van der Waals surface area contributed by atoms with Crippen LogP contribution in [0, 0.1) is 0 Å². The molecule has 0 amide bonds. The molecule has 0 atom stereocenters. The number of rotatable bonds is 3. The van der Waals surface area contributed by atoms with E-state index >= 15 is 0 Å². The molecule has 0 fully saturated rings. The van der Waals surface area contributed by atoms with Crippen LogP contribution in [0.4, 0.5) is 5.00 Å². The summed E-state index contributed by atoms with van der Waals surface area (Å²) >= 11 is 1.18. The summed E-state index contributed by atoms with van der Waals surface area (Å²) in [5, 5.41) is 4.46. The molecular weight excluding hydrogens is 198 g/mol. The van der Waals surface area contributed by atoms with Gasteiger partial charge in [-0.3, -0.25) is 0 Å². The molecule has 0 aliphatic heterocycles. The third kappa shape index (κ3) is 2.00. The molecule has 2 N–H and O–H groups in total. The van der Waals surface area contributed by atoms with Gasteiger partial charge in [0.05, 0.1) is 0 Å². The van der Waals surface area contributed by atoms with Gasteiger partial charge in [-0.15, -0.1) is 5.10 Å². The summed E-state index contributed by atoms with van der Waals surface area (Å²) in [7, 11) is 0. The largest absolute Gasteiger partial charge is 0.487 e. The van der Waals surface area contributed by atoms with Crippen molar-refractivity contribution >= 4 is 16.5 Å². The van der Waals surface area contributed by atoms with Crippen molar-refractivity contribution < 1.29 is 4.74 Å². The van der Waals surface area contributed by atoms with Crippen molar-refractivity contribution in [3.05, 3.63) is 36.0 Å². The smallest absolute Gasteiger partial charge is 0.136 e. The molecule has 0 radical (unpaired) electrons. The highest BCUT2D eigenvalue weighted by molar-refractivity contribution is 7.09. The van der Waals surface area contributed by atoms with Crippen molar-refractivity contribution in [2.24, 2.45) is 0 Å². The highest BCUT2D eigenvalue weighted by Gasteiger charge is 2.04. The number of benzene rings is 1. The van der Waals surface area contributed by atoms with Gasteiger partial charge in [0.25, 0.3) is 0 Å². The van der Waals surface area contributed by atoms with Gasteiger partial charge in [0, 0.05) is 11.5 Å². The van der Waals surface area contributed by atoms with Gasteiger partial charge in [0.2, 0.25) is 0 Å². The van der Waals surface area contributed by atoms with E-state index in [0.717, 1.165) is 5.75 Å². The zero-order valence-electron chi connectivity index (χ0n) is 7.38. The number of anilines is 1. The zero-order chi connectivity index (χ0) is 9.80. The molecular formula is C9H9N3OS. The van der Waals surface area contributed by atoms with Gasteiger partial charge in [0.15, 0.2) is 0 Å². The lowest BCUT2D eigenvalue weighted by molar-refractivity contribution is 0.302. The van der Waals surface area contributed by atoms with Crippen LogP contribution in [0.5, 0.6) is 5.75 Å². The maximum absolute atomic E-state index is 5.62. The van der Waals surface area contributed by atoms with Crippen molar-refractivity contribution in [3.63, 3.8) is 0 Å². The van der Waals surface area contributed by atoms with E-state index in [0.29, 0.717) is 17.3 Å². The number of ether oxygens (including phenoxy) is 1. The zero-order valence-corrected chi connectivity index (χ0v) is 8.20. The molecule has 0 aliphatic carbocycles. The molecule has 0 aliphatic rings. The fourth-order valence-electron chi connectivity index (χ4n) is 0.984. The molecule has 14 heavy (non-hydrogen) atoms. The number of para-hydroxylation sites is 1. The molecule has 0 bridgehead atoms. The van der Waals surface area contributed by atoms with Crippen LogP contribution in [0.15, 0.2) is 30.3 Å².